The fourth-order valence-corrected chi connectivity index (χ4v) is 6.41. The maximum absolute atomic E-state index is 12.8. The second kappa shape index (κ2) is 8.71. The molecule has 9 heteroatoms. The van der Waals surface area contributed by atoms with Crippen LogP contribution in [0.5, 0.6) is 5.75 Å². The summed E-state index contributed by atoms with van der Waals surface area (Å²) >= 11 is 3.22. The van der Waals surface area contributed by atoms with E-state index in [1.54, 1.807) is 30.2 Å². The lowest BCUT2D eigenvalue weighted by molar-refractivity contribution is 0.415. The van der Waals surface area contributed by atoms with Gasteiger partial charge in [-0.3, -0.25) is 9.36 Å². The second-order valence-corrected chi connectivity index (χ2v) is 10.2. The lowest BCUT2D eigenvalue weighted by Crippen LogP contribution is -2.12. The molecule has 0 bridgehead atoms. The van der Waals surface area contributed by atoms with E-state index in [4.69, 9.17) is 9.72 Å². The van der Waals surface area contributed by atoms with Crippen LogP contribution in [-0.4, -0.2) is 31.8 Å². The standard InChI is InChI=1S/C23H25N5O2S2/c1-13(2)28-20(14-8-10-15(30-3)11-9-14)26-27-23(28)31-12-18-24-21(29)19-16-6-4-5-7-17(16)32-22(19)25-18/h8-11,13H,4-7,12H2,1-3H3,(H,24,25,29). The first-order valence-corrected chi connectivity index (χ1v) is 12.6. The number of thioether (sulfide) groups is 1. The van der Waals surface area contributed by atoms with E-state index in [0.717, 1.165) is 51.8 Å². The van der Waals surface area contributed by atoms with Gasteiger partial charge in [-0.25, -0.2) is 4.98 Å². The summed E-state index contributed by atoms with van der Waals surface area (Å²) in [5, 5.41) is 10.5. The molecule has 7 nitrogen and oxygen atoms in total. The minimum absolute atomic E-state index is 0.0192. The molecule has 5 rings (SSSR count). The highest BCUT2D eigenvalue weighted by molar-refractivity contribution is 7.98. The van der Waals surface area contributed by atoms with Gasteiger partial charge in [0.05, 0.1) is 18.2 Å². The van der Waals surface area contributed by atoms with Crippen LogP contribution in [0.3, 0.4) is 0 Å². The number of aromatic nitrogens is 5. The van der Waals surface area contributed by atoms with E-state index in [1.807, 2.05) is 24.3 Å². The average Bonchev–Trinajstić information content (AvgIpc) is 3.39. The van der Waals surface area contributed by atoms with Crippen LogP contribution in [0.25, 0.3) is 21.6 Å². The Hall–Kier alpha value is -2.65. The van der Waals surface area contributed by atoms with E-state index in [0.29, 0.717) is 11.6 Å². The third-order valence-electron chi connectivity index (χ3n) is 5.74. The minimum Gasteiger partial charge on any atom is -0.497 e. The number of aromatic amines is 1. The molecule has 1 aromatic carbocycles. The maximum atomic E-state index is 12.8. The Kier molecular flexibility index (Phi) is 5.77. The molecule has 0 spiro atoms. The number of ether oxygens (including phenoxy) is 1. The van der Waals surface area contributed by atoms with Crippen LogP contribution in [0.4, 0.5) is 0 Å². The summed E-state index contributed by atoms with van der Waals surface area (Å²) in [4.78, 5) is 22.8. The molecule has 0 amide bonds. The Balaban J connectivity index is 1.43. The predicted octanol–water partition coefficient (Wildman–Crippen LogP) is 5.00. The molecule has 1 aliphatic carbocycles. The van der Waals surface area contributed by atoms with Crippen molar-refractivity contribution < 1.29 is 4.74 Å². The third kappa shape index (κ3) is 3.84. The van der Waals surface area contributed by atoms with Gasteiger partial charge in [-0.1, -0.05) is 11.8 Å². The Morgan fingerprint density at radius 3 is 2.72 bits per heavy atom. The topological polar surface area (TPSA) is 85.7 Å². The molecule has 0 unspecified atom stereocenters. The zero-order chi connectivity index (χ0) is 22.2. The smallest absolute Gasteiger partial charge is 0.259 e. The fraction of sp³-hybridized carbons (Fsp3) is 0.391. The number of fused-ring (bicyclic) bond motifs is 3. The van der Waals surface area contributed by atoms with E-state index >= 15 is 0 Å². The molecule has 166 valence electrons. The van der Waals surface area contributed by atoms with Crippen LogP contribution in [0.1, 0.15) is 49.0 Å². The quantitative estimate of drug-likeness (QED) is 0.402. The van der Waals surface area contributed by atoms with Crippen molar-refractivity contribution in [2.75, 3.05) is 7.11 Å². The van der Waals surface area contributed by atoms with Crippen molar-refractivity contribution in [3.8, 4) is 17.1 Å². The third-order valence-corrected chi connectivity index (χ3v) is 7.88. The van der Waals surface area contributed by atoms with Crippen molar-refractivity contribution in [1.82, 2.24) is 24.7 Å². The van der Waals surface area contributed by atoms with Gasteiger partial charge in [0.1, 0.15) is 16.4 Å². The molecule has 0 saturated heterocycles. The number of benzene rings is 1. The van der Waals surface area contributed by atoms with Crippen molar-refractivity contribution >= 4 is 33.3 Å². The molecule has 1 aliphatic rings. The predicted molar refractivity (Wildman–Crippen MR) is 129 cm³/mol. The van der Waals surface area contributed by atoms with E-state index in [1.165, 1.54) is 16.9 Å². The van der Waals surface area contributed by atoms with Gasteiger partial charge in [-0.05, 0) is 69.4 Å². The summed E-state index contributed by atoms with van der Waals surface area (Å²) in [7, 11) is 1.65. The van der Waals surface area contributed by atoms with Crippen molar-refractivity contribution in [1.29, 1.82) is 0 Å². The molecular formula is C23H25N5O2S2. The molecule has 0 radical (unpaired) electrons. The van der Waals surface area contributed by atoms with E-state index in [9.17, 15) is 4.79 Å². The summed E-state index contributed by atoms with van der Waals surface area (Å²) < 4.78 is 7.38. The van der Waals surface area contributed by atoms with Crippen LogP contribution in [-0.2, 0) is 18.6 Å². The minimum atomic E-state index is -0.0192. The SMILES string of the molecule is COc1ccc(-c2nnc(SCc3nc4sc5c(c4c(=O)[nH]3)CCCC5)n2C(C)C)cc1. The summed E-state index contributed by atoms with van der Waals surface area (Å²) in [6.45, 7) is 4.23. The summed E-state index contributed by atoms with van der Waals surface area (Å²) in [5.41, 5.74) is 2.18. The molecule has 0 fully saturated rings. The van der Waals surface area contributed by atoms with Gasteiger partial charge >= 0.3 is 0 Å². The van der Waals surface area contributed by atoms with Crippen molar-refractivity contribution in [3.63, 3.8) is 0 Å². The number of thiophene rings is 1. The first-order valence-electron chi connectivity index (χ1n) is 10.8. The highest BCUT2D eigenvalue weighted by Gasteiger charge is 2.21. The van der Waals surface area contributed by atoms with Crippen molar-refractivity contribution in [2.45, 2.75) is 56.5 Å². The largest absolute Gasteiger partial charge is 0.497 e. The molecular weight excluding hydrogens is 442 g/mol. The molecule has 32 heavy (non-hydrogen) atoms. The number of nitrogens with one attached hydrogen (secondary N) is 1. The normalized spacial score (nSPS) is 13.6. The van der Waals surface area contributed by atoms with Crippen LogP contribution in [0, 0.1) is 0 Å². The van der Waals surface area contributed by atoms with Gasteiger partial charge in [-0.15, -0.1) is 21.5 Å². The van der Waals surface area contributed by atoms with Gasteiger partial charge in [0.25, 0.3) is 5.56 Å². The number of hydrogen-bond donors (Lipinski definition) is 1. The van der Waals surface area contributed by atoms with Gasteiger partial charge < -0.3 is 9.72 Å². The fourth-order valence-electron chi connectivity index (χ4n) is 4.19. The van der Waals surface area contributed by atoms with Gasteiger partial charge in [0, 0.05) is 16.5 Å². The lowest BCUT2D eigenvalue weighted by atomic mass is 9.97. The Labute approximate surface area is 194 Å². The highest BCUT2D eigenvalue weighted by Crippen LogP contribution is 2.34. The zero-order valence-corrected chi connectivity index (χ0v) is 20.0. The van der Waals surface area contributed by atoms with E-state index < -0.39 is 0 Å². The number of methoxy groups -OCH3 is 1. The van der Waals surface area contributed by atoms with Crippen LogP contribution >= 0.6 is 23.1 Å². The molecule has 0 atom stereocenters. The Bertz CT molecular complexity index is 1320. The molecule has 3 aromatic heterocycles. The summed E-state index contributed by atoms with van der Waals surface area (Å²) in [6.07, 6.45) is 4.39. The lowest BCUT2D eigenvalue weighted by Gasteiger charge is -2.14. The Morgan fingerprint density at radius 2 is 1.97 bits per heavy atom. The highest BCUT2D eigenvalue weighted by atomic mass is 32.2. The first-order chi connectivity index (χ1) is 15.5. The maximum Gasteiger partial charge on any atom is 0.259 e. The number of H-pyrrole nitrogens is 1. The number of hydrogen-bond acceptors (Lipinski definition) is 7. The molecule has 0 aliphatic heterocycles. The van der Waals surface area contributed by atoms with Gasteiger partial charge in [0.15, 0.2) is 11.0 Å². The first kappa shape index (κ1) is 21.2. The van der Waals surface area contributed by atoms with Gasteiger partial charge in [-0.2, -0.15) is 0 Å². The van der Waals surface area contributed by atoms with E-state index in [2.05, 4.69) is 33.6 Å². The van der Waals surface area contributed by atoms with Crippen molar-refractivity contribution in [2.24, 2.45) is 0 Å². The monoisotopic (exact) mass is 467 g/mol. The van der Waals surface area contributed by atoms with Crippen molar-refractivity contribution in [3.05, 3.63) is 50.9 Å². The number of aryl methyl sites for hydroxylation is 2. The Morgan fingerprint density at radius 1 is 1.19 bits per heavy atom. The summed E-state index contributed by atoms with van der Waals surface area (Å²) in [5.74, 6) is 2.82. The number of nitrogens with zero attached hydrogens (tertiary/aromatic N) is 4. The van der Waals surface area contributed by atoms with Crippen LogP contribution in [0.2, 0.25) is 0 Å². The zero-order valence-electron chi connectivity index (χ0n) is 18.3. The second-order valence-electron chi connectivity index (χ2n) is 8.19. The molecule has 3 heterocycles. The molecule has 1 N–H and O–H groups in total. The molecule has 0 saturated carbocycles. The van der Waals surface area contributed by atoms with Gasteiger partial charge in [0.2, 0.25) is 0 Å². The number of rotatable bonds is 6. The van der Waals surface area contributed by atoms with E-state index in [-0.39, 0.29) is 11.6 Å². The average molecular weight is 468 g/mol. The van der Waals surface area contributed by atoms with Crippen LogP contribution in [0.15, 0.2) is 34.2 Å². The molecule has 4 aromatic rings. The van der Waals surface area contributed by atoms with Crippen LogP contribution < -0.4 is 10.3 Å². The summed E-state index contributed by atoms with van der Waals surface area (Å²) in [6, 6.07) is 8.00.